The summed E-state index contributed by atoms with van der Waals surface area (Å²) in [5.41, 5.74) is 2.23. The summed E-state index contributed by atoms with van der Waals surface area (Å²) in [4.78, 5) is 26.3. The van der Waals surface area contributed by atoms with Crippen LogP contribution < -0.4 is 4.90 Å². The lowest BCUT2D eigenvalue weighted by Crippen LogP contribution is -2.55. The molecule has 7 nitrogen and oxygen atoms in total. The molecule has 1 aromatic heterocycles. The molecule has 0 N–H and O–H groups in total. The maximum atomic E-state index is 12.8. The summed E-state index contributed by atoms with van der Waals surface area (Å²) in [7, 11) is 0. The zero-order valence-corrected chi connectivity index (χ0v) is 19.6. The third-order valence-electron chi connectivity index (χ3n) is 6.53. The third kappa shape index (κ3) is 4.79. The summed E-state index contributed by atoms with van der Waals surface area (Å²) in [5, 5.41) is 9.06. The van der Waals surface area contributed by atoms with E-state index in [4.69, 9.17) is 10.2 Å². The molecule has 0 bridgehead atoms. The van der Waals surface area contributed by atoms with Gasteiger partial charge in [0.25, 0.3) is 0 Å². The molecule has 1 aromatic rings. The molecule has 1 saturated carbocycles. The van der Waals surface area contributed by atoms with Crippen molar-refractivity contribution >= 4 is 34.3 Å². The van der Waals surface area contributed by atoms with Gasteiger partial charge in [-0.05, 0) is 47.1 Å². The Balaban J connectivity index is 1.31. The van der Waals surface area contributed by atoms with Gasteiger partial charge in [0.1, 0.15) is 12.4 Å². The Hall–Kier alpha value is -1.70. The Bertz CT molecular complexity index is 841. The van der Waals surface area contributed by atoms with E-state index >= 15 is 0 Å². The van der Waals surface area contributed by atoms with E-state index in [2.05, 4.69) is 51.1 Å². The Kier molecular flexibility index (Phi) is 6.91. The van der Waals surface area contributed by atoms with Crippen LogP contribution in [-0.2, 0) is 17.8 Å². The molecule has 0 spiro atoms. The van der Waals surface area contributed by atoms with Crippen molar-refractivity contribution in [2.45, 2.75) is 38.3 Å². The summed E-state index contributed by atoms with van der Waals surface area (Å²) in [5.74, 6) is 1.02. The second-order valence-electron chi connectivity index (χ2n) is 8.36. The van der Waals surface area contributed by atoms with Crippen molar-refractivity contribution in [2.75, 3.05) is 50.7 Å². The predicted octanol–water partition coefficient (Wildman–Crippen LogP) is 2.37. The summed E-state index contributed by atoms with van der Waals surface area (Å²) in [6.45, 7) is 10.0. The van der Waals surface area contributed by atoms with Gasteiger partial charge in [-0.15, -0.1) is 0 Å². The van der Waals surface area contributed by atoms with Crippen molar-refractivity contribution in [1.29, 1.82) is 5.26 Å². The predicted molar refractivity (Wildman–Crippen MR) is 125 cm³/mol. The molecule has 0 aromatic carbocycles. The van der Waals surface area contributed by atoms with Gasteiger partial charge in [0.2, 0.25) is 5.91 Å². The minimum absolute atomic E-state index is 0.238. The van der Waals surface area contributed by atoms with Crippen molar-refractivity contribution in [3.63, 3.8) is 0 Å². The second kappa shape index (κ2) is 9.62. The first-order valence-electron chi connectivity index (χ1n) is 10.8. The van der Waals surface area contributed by atoms with E-state index in [1.165, 1.54) is 24.8 Å². The highest BCUT2D eigenvalue weighted by Crippen LogP contribution is 2.26. The average Bonchev–Trinajstić information content (AvgIpc) is 2.70. The second-order valence-corrected chi connectivity index (χ2v) is 9.60. The molecule has 0 atom stereocenters. The highest BCUT2D eigenvalue weighted by atomic mass is 127. The maximum Gasteiger partial charge on any atom is 0.236 e. The SMILES string of the molecule is C=C(I)N(CC#N)c1ccc2c(n1)CCN(CC(=O)N1CCN(C3CCC3)CC1)C2. The zero-order valence-electron chi connectivity index (χ0n) is 17.4. The van der Waals surface area contributed by atoms with E-state index in [1.54, 1.807) is 0 Å². The fourth-order valence-electron chi connectivity index (χ4n) is 4.49. The summed E-state index contributed by atoms with van der Waals surface area (Å²) in [6, 6.07) is 6.97. The number of anilines is 1. The lowest BCUT2D eigenvalue weighted by molar-refractivity contribution is -0.135. The quantitative estimate of drug-likeness (QED) is 0.326. The fourth-order valence-corrected chi connectivity index (χ4v) is 4.91. The van der Waals surface area contributed by atoms with Crippen LogP contribution in [0.2, 0.25) is 0 Å². The van der Waals surface area contributed by atoms with Gasteiger partial charge in [-0.3, -0.25) is 14.6 Å². The Morgan fingerprint density at radius 2 is 2.03 bits per heavy atom. The average molecular weight is 520 g/mol. The van der Waals surface area contributed by atoms with Gasteiger partial charge < -0.3 is 9.80 Å². The smallest absolute Gasteiger partial charge is 0.236 e. The lowest BCUT2D eigenvalue weighted by Gasteiger charge is -2.43. The van der Waals surface area contributed by atoms with E-state index < -0.39 is 0 Å². The number of hydrogen-bond donors (Lipinski definition) is 0. The van der Waals surface area contributed by atoms with E-state index in [-0.39, 0.29) is 12.5 Å². The molecule has 1 amide bonds. The number of rotatable bonds is 6. The summed E-state index contributed by atoms with van der Waals surface area (Å²) >= 11 is 2.12. The highest BCUT2D eigenvalue weighted by Gasteiger charge is 2.30. The molecule has 2 fully saturated rings. The van der Waals surface area contributed by atoms with Crippen LogP contribution in [0.5, 0.6) is 0 Å². The van der Waals surface area contributed by atoms with Crippen molar-refractivity contribution < 1.29 is 4.79 Å². The maximum absolute atomic E-state index is 12.8. The number of aromatic nitrogens is 1. The van der Waals surface area contributed by atoms with E-state index in [1.807, 2.05) is 15.9 Å². The van der Waals surface area contributed by atoms with Crippen LogP contribution in [0.4, 0.5) is 5.82 Å². The molecule has 3 heterocycles. The monoisotopic (exact) mass is 520 g/mol. The first-order valence-corrected chi connectivity index (χ1v) is 11.8. The minimum atomic E-state index is 0.238. The Morgan fingerprint density at radius 1 is 1.27 bits per heavy atom. The molecule has 160 valence electrons. The molecule has 1 saturated heterocycles. The number of nitrogens with zero attached hydrogens (tertiary/aromatic N) is 6. The van der Waals surface area contributed by atoms with Gasteiger partial charge in [0.05, 0.1) is 16.3 Å². The molecular formula is C22H29IN6O. The molecule has 3 aliphatic rings. The number of carbonyl (C=O) groups is 1. The number of nitriles is 1. The third-order valence-corrected chi connectivity index (χ3v) is 7.11. The zero-order chi connectivity index (χ0) is 21.1. The molecule has 8 heteroatoms. The van der Waals surface area contributed by atoms with Crippen LogP contribution >= 0.6 is 22.6 Å². The van der Waals surface area contributed by atoms with Gasteiger partial charge in [-0.2, -0.15) is 5.26 Å². The van der Waals surface area contributed by atoms with Crippen molar-refractivity contribution in [3.05, 3.63) is 33.7 Å². The van der Waals surface area contributed by atoms with Crippen LogP contribution in [-0.4, -0.2) is 77.4 Å². The summed E-state index contributed by atoms with van der Waals surface area (Å²) in [6.07, 6.45) is 4.84. The number of hydrogen-bond acceptors (Lipinski definition) is 6. The molecule has 1 aliphatic carbocycles. The number of piperazine rings is 1. The number of halogens is 1. The highest BCUT2D eigenvalue weighted by molar-refractivity contribution is 14.1. The molecule has 30 heavy (non-hydrogen) atoms. The van der Waals surface area contributed by atoms with E-state index in [0.717, 1.165) is 66.9 Å². The van der Waals surface area contributed by atoms with Crippen molar-refractivity contribution in [2.24, 2.45) is 0 Å². The van der Waals surface area contributed by atoms with Crippen LogP contribution in [0, 0.1) is 11.3 Å². The van der Waals surface area contributed by atoms with Crippen LogP contribution in [0.3, 0.4) is 0 Å². The van der Waals surface area contributed by atoms with Gasteiger partial charge in [-0.1, -0.05) is 19.1 Å². The van der Waals surface area contributed by atoms with E-state index in [0.29, 0.717) is 6.54 Å². The van der Waals surface area contributed by atoms with Gasteiger partial charge in [0.15, 0.2) is 0 Å². The first-order chi connectivity index (χ1) is 14.5. The van der Waals surface area contributed by atoms with Crippen LogP contribution in [0.1, 0.15) is 30.5 Å². The van der Waals surface area contributed by atoms with Crippen LogP contribution in [0.25, 0.3) is 0 Å². The Labute approximate surface area is 192 Å². The standard InChI is InChI=1S/C22H29IN6O/c1-17(23)29(10-8-24)21-6-5-18-15-26(9-7-20(18)25-21)16-22(30)28-13-11-27(12-14-28)19-3-2-4-19/h5-6,19H,1-4,7,9-16H2. The summed E-state index contributed by atoms with van der Waals surface area (Å²) < 4.78 is 0.780. The molecule has 0 radical (unpaired) electrons. The number of fused-ring (bicyclic) bond motifs is 1. The number of carbonyl (C=O) groups excluding carboxylic acids is 1. The normalized spacial score (nSPS) is 20.2. The lowest BCUT2D eigenvalue weighted by atomic mass is 9.91. The largest absolute Gasteiger partial charge is 0.339 e. The van der Waals surface area contributed by atoms with Crippen molar-refractivity contribution in [1.82, 2.24) is 19.7 Å². The van der Waals surface area contributed by atoms with Crippen LogP contribution in [0.15, 0.2) is 22.4 Å². The number of amides is 1. The fraction of sp³-hybridized carbons (Fsp3) is 0.591. The van der Waals surface area contributed by atoms with Gasteiger partial charge >= 0.3 is 0 Å². The topological polar surface area (TPSA) is 66.7 Å². The minimum Gasteiger partial charge on any atom is -0.339 e. The Morgan fingerprint density at radius 3 is 2.67 bits per heavy atom. The molecule has 4 rings (SSSR count). The van der Waals surface area contributed by atoms with Crippen molar-refractivity contribution in [3.8, 4) is 6.07 Å². The van der Waals surface area contributed by atoms with Gasteiger partial charge in [0, 0.05) is 57.4 Å². The van der Waals surface area contributed by atoms with Gasteiger partial charge in [-0.25, -0.2) is 4.98 Å². The number of pyridine rings is 1. The first kappa shape index (κ1) is 21.5. The molecular weight excluding hydrogens is 491 g/mol. The molecule has 0 unspecified atom stereocenters. The van der Waals surface area contributed by atoms with E-state index in [9.17, 15) is 4.79 Å². The molecule has 2 aliphatic heterocycles.